The second kappa shape index (κ2) is 9.04. The number of carbonyl (C=O) groups is 2. The van der Waals surface area contributed by atoms with Gasteiger partial charge in [0.05, 0.1) is 13.2 Å². The number of aryl methyl sites for hydroxylation is 1. The number of nitrogens with one attached hydrogen (secondary N) is 1. The van der Waals surface area contributed by atoms with Crippen LogP contribution in [-0.4, -0.2) is 43.0 Å². The zero-order chi connectivity index (χ0) is 20.1. The predicted molar refractivity (Wildman–Crippen MR) is 112 cm³/mol. The van der Waals surface area contributed by atoms with Gasteiger partial charge in [0.15, 0.2) is 0 Å². The highest BCUT2D eigenvalue weighted by Gasteiger charge is 2.21. The van der Waals surface area contributed by atoms with Gasteiger partial charge in [-0.15, -0.1) is 0 Å². The largest absolute Gasteiger partial charge is 0.378 e. The summed E-state index contributed by atoms with van der Waals surface area (Å²) in [7, 11) is 0. The number of carbonyl (C=O) groups excluding carboxylic acids is 2. The Morgan fingerprint density at radius 2 is 1.89 bits per heavy atom. The van der Waals surface area contributed by atoms with E-state index in [0.29, 0.717) is 42.6 Å². The minimum atomic E-state index is -0.268. The fraction of sp³-hybridized carbons (Fsp3) is 0.273. The molecule has 0 radical (unpaired) electrons. The van der Waals surface area contributed by atoms with Crippen molar-refractivity contribution in [3.8, 4) is 0 Å². The molecule has 146 valence electrons. The Bertz CT molecular complexity index is 918. The number of ether oxygens (including phenoxy) is 1. The van der Waals surface area contributed by atoms with E-state index in [4.69, 9.17) is 16.3 Å². The minimum absolute atomic E-state index is 0.0401. The molecule has 2 aromatic rings. The number of amides is 2. The van der Waals surface area contributed by atoms with Gasteiger partial charge in [0.25, 0.3) is 5.91 Å². The average molecular weight is 399 g/mol. The molecule has 2 aromatic carbocycles. The minimum Gasteiger partial charge on any atom is -0.378 e. The van der Waals surface area contributed by atoms with Gasteiger partial charge in [0.2, 0.25) is 5.91 Å². The van der Waals surface area contributed by atoms with Crippen molar-refractivity contribution in [3.05, 3.63) is 69.8 Å². The van der Waals surface area contributed by atoms with E-state index in [2.05, 4.69) is 5.32 Å². The fourth-order valence-electron chi connectivity index (χ4n) is 3.00. The molecule has 0 spiro atoms. The van der Waals surface area contributed by atoms with Crippen LogP contribution in [0, 0.1) is 13.8 Å². The second-order valence-corrected chi connectivity index (χ2v) is 7.12. The van der Waals surface area contributed by atoms with Crippen molar-refractivity contribution < 1.29 is 14.3 Å². The zero-order valence-electron chi connectivity index (χ0n) is 16.0. The summed E-state index contributed by atoms with van der Waals surface area (Å²) in [5, 5.41) is 3.51. The van der Waals surface area contributed by atoms with Gasteiger partial charge in [-0.3, -0.25) is 9.59 Å². The molecular formula is C22H23ClN2O3. The molecule has 1 heterocycles. The van der Waals surface area contributed by atoms with Crippen LogP contribution in [-0.2, 0) is 9.53 Å². The number of benzene rings is 2. The Kier molecular flexibility index (Phi) is 6.49. The van der Waals surface area contributed by atoms with Gasteiger partial charge in [-0.05, 0) is 54.8 Å². The molecule has 1 N–H and O–H groups in total. The van der Waals surface area contributed by atoms with Crippen LogP contribution in [0.15, 0.2) is 42.5 Å². The quantitative estimate of drug-likeness (QED) is 0.789. The fourth-order valence-corrected chi connectivity index (χ4v) is 3.19. The maximum Gasteiger partial charge on any atom is 0.254 e. The molecule has 0 atom stereocenters. The van der Waals surface area contributed by atoms with Crippen LogP contribution in [0.4, 0.5) is 5.69 Å². The van der Waals surface area contributed by atoms with E-state index in [1.165, 1.54) is 6.08 Å². The van der Waals surface area contributed by atoms with Gasteiger partial charge in [-0.25, -0.2) is 0 Å². The molecule has 0 aliphatic carbocycles. The molecule has 0 saturated carbocycles. The summed E-state index contributed by atoms with van der Waals surface area (Å²) in [6.45, 7) is 6.03. The summed E-state index contributed by atoms with van der Waals surface area (Å²) in [5.74, 6) is -0.308. The van der Waals surface area contributed by atoms with Crippen LogP contribution >= 0.6 is 11.6 Å². The first-order valence-corrected chi connectivity index (χ1v) is 9.55. The Labute approximate surface area is 169 Å². The predicted octanol–water partition coefficient (Wildman–Crippen LogP) is 4.08. The number of hydrogen-bond donors (Lipinski definition) is 1. The molecule has 2 amide bonds. The monoisotopic (exact) mass is 398 g/mol. The topological polar surface area (TPSA) is 58.6 Å². The molecule has 1 saturated heterocycles. The summed E-state index contributed by atoms with van der Waals surface area (Å²) >= 11 is 6.11. The van der Waals surface area contributed by atoms with Crippen molar-refractivity contribution in [1.29, 1.82) is 0 Å². The SMILES string of the molecule is Cc1ccc(C=CC(=O)Nc2cccc(C(=O)N3CCOCC3)c2C)cc1Cl. The summed E-state index contributed by atoms with van der Waals surface area (Å²) in [4.78, 5) is 26.9. The first kappa shape index (κ1) is 20.1. The number of halogens is 1. The van der Waals surface area contributed by atoms with Gasteiger partial charge in [0.1, 0.15) is 0 Å². The van der Waals surface area contributed by atoms with Crippen molar-refractivity contribution in [2.24, 2.45) is 0 Å². The van der Waals surface area contributed by atoms with Crippen LogP contribution in [0.3, 0.4) is 0 Å². The van der Waals surface area contributed by atoms with E-state index in [0.717, 1.165) is 16.7 Å². The molecule has 0 unspecified atom stereocenters. The molecule has 6 heteroatoms. The lowest BCUT2D eigenvalue weighted by Crippen LogP contribution is -2.41. The number of nitrogens with zero attached hydrogens (tertiary/aromatic N) is 1. The number of hydrogen-bond acceptors (Lipinski definition) is 3. The van der Waals surface area contributed by atoms with E-state index in [9.17, 15) is 9.59 Å². The molecule has 1 fully saturated rings. The van der Waals surface area contributed by atoms with Gasteiger partial charge in [-0.2, -0.15) is 0 Å². The van der Waals surface area contributed by atoms with Gasteiger partial charge < -0.3 is 15.0 Å². The molecule has 1 aliphatic heterocycles. The molecule has 0 bridgehead atoms. The van der Waals surface area contributed by atoms with Crippen LogP contribution in [0.2, 0.25) is 5.02 Å². The normalized spacial score (nSPS) is 14.3. The van der Waals surface area contributed by atoms with E-state index >= 15 is 0 Å². The maximum absolute atomic E-state index is 12.8. The zero-order valence-corrected chi connectivity index (χ0v) is 16.8. The van der Waals surface area contributed by atoms with Gasteiger partial charge in [0, 0.05) is 35.4 Å². The average Bonchev–Trinajstić information content (AvgIpc) is 2.70. The molecule has 5 nitrogen and oxygen atoms in total. The van der Waals surface area contributed by atoms with E-state index < -0.39 is 0 Å². The Morgan fingerprint density at radius 3 is 2.61 bits per heavy atom. The van der Waals surface area contributed by atoms with Crippen molar-refractivity contribution in [2.45, 2.75) is 13.8 Å². The third kappa shape index (κ3) is 4.80. The number of anilines is 1. The molecule has 28 heavy (non-hydrogen) atoms. The van der Waals surface area contributed by atoms with E-state index in [1.807, 2.05) is 32.0 Å². The first-order chi connectivity index (χ1) is 13.5. The van der Waals surface area contributed by atoms with Crippen LogP contribution in [0.1, 0.15) is 27.0 Å². The third-order valence-electron chi connectivity index (χ3n) is 4.74. The van der Waals surface area contributed by atoms with Crippen LogP contribution < -0.4 is 5.32 Å². The highest BCUT2D eigenvalue weighted by molar-refractivity contribution is 6.31. The highest BCUT2D eigenvalue weighted by Crippen LogP contribution is 2.21. The van der Waals surface area contributed by atoms with Crippen molar-refractivity contribution in [3.63, 3.8) is 0 Å². The van der Waals surface area contributed by atoms with Crippen molar-refractivity contribution in [2.75, 3.05) is 31.6 Å². The van der Waals surface area contributed by atoms with Crippen LogP contribution in [0.25, 0.3) is 6.08 Å². The van der Waals surface area contributed by atoms with Gasteiger partial charge in [-0.1, -0.05) is 29.8 Å². The molecule has 1 aliphatic rings. The van der Waals surface area contributed by atoms with E-state index in [1.54, 1.807) is 29.2 Å². The van der Waals surface area contributed by atoms with Gasteiger partial charge >= 0.3 is 0 Å². The lowest BCUT2D eigenvalue weighted by Gasteiger charge is -2.27. The lowest BCUT2D eigenvalue weighted by molar-refractivity contribution is -0.111. The maximum atomic E-state index is 12.8. The number of morpholine rings is 1. The summed E-state index contributed by atoms with van der Waals surface area (Å²) in [5.41, 5.74) is 3.79. The molecular weight excluding hydrogens is 376 g/mol. The second-order valence-electron chi connectivity index (χ2n) is 6.71. The number of rotatable bonds is 4. The Hall–Kier alpha value is -2.63. The Morgan fingerprint density at radius 1 is 1.14 bits per heavy atom. The lowest BCUT2D eigenvalue weighted by atomic mass is 10.0. The highest BCUT2D eigenvalue weighted by atomic mass is 35.5. The first-order valence-electron chi connectivity index (χ1n) is 9.17. The summed E-state index contributed by atoms with van der Waals surface area (Å²) < 4.78 is 5.30. The smallest absolute Gasteiger partial charge is 0.254 e. The van der Waals surface area contributed by atoms with Crippen molar-refractivity contribution in [1.82, 2.24) is 4.90 Å². The standard InChI is InChI=1S/C22H23ClN2O3/c1-15-6-7-17(14-19(15)23)8-9-21(26)24-20-5-3-4-18(16(20)2)22(27)25-10-12-28-13-11-25/h3-9,14H,10-13H2,1-2H3,(H,24,26). The van der Waals surface area contributed by atoms with Crippen molar-refractivity contribution >= 4 is 35.2 Å². The van der Waals surface area contributed by atoms with Crippen LogP contribution in [0.5, 0.6) is 0 Å². The molecule has 0 aromatic heterocycles. The molecule has 3 rings (SSSR count). The Balaban J connectivity index is 1.71. The summed E-state index contributed by atoms with van der Waals surface area (Å²) in [6.07, 6.45) is 3.16. The summed E-state index contributed by atoms with van der Waals surface area (Å²) in [6, 6.07) is 11.0. The third-order valence-corrected chi connectivity index (χ3v) is 5.15. The van der Waals surface area contributed by atoms with E-state index in [-0.39, 0.29) is 11.8 Å².